The Morgan fingerprint density at radius 2 is 2.00 bits per heavy atom. The number of urea groups is 1. The number of nitrogens with zero attached hydrogens (tertiary/aromatic N) is 4. The Morgan fingerprint density at radius 1 is 1.12 bits per heavy atom. The molecule has 0 aliphatic carbocycles. The van der Waals surface area contributed by atoms with Crippen LogP contribution in [0.25, 0.3) is 16.4 Å². The molecule has 0 atom stereocenters. The third-order valence-corrected chi connectivity index (χ3v) is 4.22. The molecule has 0 unspecified atom stereocenters. The molecule has 0 saturated heterocycles. The van der Waals surface area contributed by atoms with Crippen molar-refractivity contribution in [3.63, 3.8) is 0 Å². The van der Waals surface area contributed by atoms with Gasteiger partial charge in [0.1, 0.15) is 10.7 Å². The van der Waals surface area contributed by atoms with E-state index in [9.17, 15) is 4.79 Å². The van der Waals surface area contributed by atoms with Crippen molar-refractivity contribution >= 4 is 29.0 Å². The second-order valence-electron chi connectivity index (χ2n) is 5.03. The minimum absolute atomic E-state index is 0.414. The summed E-state index contributed by atoms with van der Waals surface area (Å²) in [6.07, 6.45) is 6.65. The summed E-state index contributed by atoms with van der Waals surface area (Å²) >= 11 is 1.46. The fourth-order valence-electron chi connectivity index (χ4n) is 2.34. The van der Waals surface area contributed by atoms with Crippen molar-refractivity contribution in [1.29, 1.82) is 0 Å². The average Bonchev–Trinajstić information content (AvgIpc) is 3.37. The second-order valence-corrected chi connectivity index (χ2v) is 5.93. The quantitative estimate of drug-likeness (QED) is 0.525. The van der Waals surface area contributed by atoms with Crippen molar-refractivity contribution in [2.45, 2.75) is 0 Å². The van der Waals surface area contributed by atoms with Crippen molar-refractivity contribution in [2.75, 3.05) is 10.6 Å². The zero-order valence-electron chi connectivity index (χ0n) is 12.9. The van der Waals surface area contributed by atoms with Crippen LogP contribution in [0.3, 0.4) is 0 Å². The minimum atomic E-state index is -0.414. The summed E-state index contributed by atoms with van der Waals surface area (Å²) in [6.45, 7) is 0. The van der Waals surface area contributed by atoms with Crippen molar-refractivity contribution in [1.82, 2.24) is 24.7 Å². The van der Waals surface area contributed by atoms with E-state index < -0.39 is 6.03 Å². The average molecular weight is 351 g/mol. The van der Waals surface area contributed by atoms with Gasteiger partial charge in [0, 0.05) is 29.7 Å². The molecule has 3 heterocycles. The van der Waals surface area contributed by atoms with Crippen molar-refractivity contribution < 1.29 is 4.79 Å². The number of carbonyl (C=O) groups is 1. The Labute approximate surface area is 146 Å². The van der Waals surface area contributed by atoms with Gasteiger partial charge in [0.2, 0.25) is 5.95 Å². The van der Waals surface area contributed by atoms with Crippen LogP contribution in [0.4, 0.5) is 16.4 Å². The van der Waals surface area contributed by atoms with Gasteiger partial charge in [0.15, 0.2) is 0 Å². The van der Waals surface area contributed by atoms with E-state index in [0.29, 0.717) is 17.3 Å². The number of anilines is 2. The van der Waals surface area contributed by atoms with Crippen molar-refractivity contribution in [2.24, 2.45) is 0 Å². The third-order valence-electron chi connectivity index (χ3n) is 3.43. The lowest BCUT2D eigenvalue weighted by Gasteiger charge is -2.09. The highest BCUT2D eigenvalue weighted by molar-refractivity contribution is 7.13. The lowest BCUT2D eigenvalue weighted by molar-refractivity contribution is 0.262. The van der Waals surface area contributed by atoms with E-state index in [4.69, 9.17) is 0 Å². The van der Waals surface area contributed by atoms with E-state index in [2.05, 4.69) is 30.8 Å². The molecule has 2 amide bonds. The van der Waals surface area contributed by atoms with Gasteiger partial charge in [-0.2, -0.15) is 5.10 Å². The Bertz CT molecular complexity index is 975. The molecule has 0 saturated carbocycles. The molecule has 0 aliphatic rings. The summed E-state index contributed by atoms with van der Waals surface area (Å²) in [7, 11) is 0. The van der Waals surface area contributed by atoms with Gasteiger partial charge in [0.25, 0.3) is 0 Å². The molecule has 25 heavy (non-hydrogen) atoms. The Kier molecular flexibility index (Phi) is 3.97. The zero-order chi connectivity index (χ0) is 17.1. The molecule has 8 nitrogen and oxygen atoms in total. The first-order chi connectivity index (χ1) is 12.3. The van der Waals surface area contributed by atoms with Crippen LogP contribution in [0, 0.1) is 0 Å². The number of hydrogen-bond donors (Lipinski definition) is 3. The number of aromatic nitrogens is 5. The number of imidazole rings is 1. The van der Waals surface area contributed by atoms with Crippen LogP contribution in [-0.4, -0.2) is 30.8 Å². The SMILES string of the molecule is O=C(Nc1cn[nH]c1-c1nccs1)Nc1nccn1-c1ccccc1. The van der Waals surface area contributed by atoms with Gasteiger partial charge in [0.05, 0.1) is 11.9 Å². The molecule has 0 aliphatic heterocycles. The van der Waals surface area contributed by atoms with E-state index in [1.165, 1.54) is 11.3 Å². The van der Waals surface area contributed by atoms with E-state index >= 15 is 0 Å². The van der Waals surface area contributed by atoms with Gasteiger partial charge in [-0.3, -0.25) is 15.0 Å². The maximum atomic E-state index is 12.3. The summed E-state index contributed by atoms with van der Waals surface area (Å²) in [4.78, 5) is 20.8. The number of H-pyrrole nitrogens is 1. The number of carbonyl (C=O) groups excluding carboxylic acids is 1. The highest BCUT2D eigenvalue weighted by Gasteiger charge is 2.14. The van der Waals surface area contributed by atoms with Gasteiger partial charge >= 0.3 is 6.03 Å². The number of amides is 2. The maximum absolute atomic E-state index is 12.3. The first kappa shape index (κ1) is 15.1. The second kappa shape index (κ2) is 6.57. The number of thiazole rings is 1. The summed E-state index contributed by atoms with van der Waals surface area (Å²) < 4.78 is 1.79. The number of aromatic amines is 1. The van der Waals surface area contributed by atoms with Gasteiger partial charge in [-0.15, -0.1) is 11.3 Å². The van der Waals surface area contributed by atoms with Crippen LogP contribution in [0.2, 0.25) is 0 Å². The van der Waals surface area contributed by atoms with Gasteiger partial charge in [-0.1, -0.05) is 18.2 Å². The van der Waals surface area contributed by atoms with Gasteiger partial charge in [-0.25, -0.2) is 14.8 Å². The van der Waals surface area contributed by atoms with Gasteiger partial charge < -0.3 is 5.32 Å². The first-order valence-electron chi connectivity index (χ1n) is 7.41. The molecule has 3 aromatic heterocycles. The van der Waals surface area contributed by atoms with Crippen LogP contribution in [0.1, 0.15) is 0 Å². The molecule has 4 rings (SSSR count). The molecule has 1 aromatic carbocycles. The summed E-state index contributed by atoms with van der Waals surface area (Å²) in [5.74, 6) is 0.419. The van der Waals surface area contributed by atoms with Crippen molar-refractivity contribution in [3.8, 4) is 16.4 Å². The number of hydrogen-bond acceptors (Lipinski definition) is 5. The van der Waals surface area contributed by atoms with E-state index in [0.717, 1.165) is 10.7 Å². The molecule has 124 valence electrons. The van der Waals surface area contributed by atoms with Crippen LogP contribution in [0.5, 0.6) is 0 Å². The fraction of sp³-hybridized carbons (Fsp3) is 0. The molecule has 4 aromatic rings. The summed E-state index contributed by atoms with van der Waals surface area (Å²) in [5.41, 5.74) is 2.11. The Hall–Kier alpha value is -3.46. The van der Waals surface area contributed by atoms with Crippen LogP contribution < -0.4 is 10.6 Å². The van der Waals surface area contributed by atoms with Crippen LogP contribution in [-0.2, 0) is 0 Å². The molecule has 0 radical (unpaired) electrons. The largest absolute Gasteiger partial charge is 0.326 e. The predicted molar refractivity (Wildman–Crippen MR) is 95.9 cm³/mol. The van der Waals surface area contributed by atoms with Crippen LogP contribution >= 0.6 is 11.3 Å². The number of para-hydroxylation sites is 1. The Balaban J connectivity index is 1.51. The highest BCUT2D eigenvalue weighted by Crippen LogP contribution is 2.27. The highest BCUT2D eigenvalue weighted by atomic mass is 32.1. The molecule has 3 N–H and O–H groups in total. The first-order valence-corrected chi connectivity index (χ1v) is 8.29. The number of benzene rings is 1. The standard InChI is InChI=1S/C16H13N7OS/c24-16(20-12-10-19-22-13(12)14-17-7-9-25-14)21-15-18-6-8-23(15)11-4-2-1-3-5-11/h1-10H,(H,19,22)(H2,18,20,21,24). The minimum Gasteiger partial charge on any atom is -0.304 e. The number of rotatable bonds is 4. The normalized spacial score (nSPS) is 10.6. The molecule has 9 heteroatoms. The molecule has 0 spiro atoms. The molecule has 0 fully saturated rings. The monoisotopic (exact) mass is 351 g/mol. The number of nitrogens with one attached hydrogen (secondary N) is 3. The van der Waals surface area contributed by atoms with Crippen LogP contribution in [0.15, 0.2) is 60.5 Å². The smallest absolute Gasteiger partial charge is 0.304 e. The fourth-order valence-corrected chi connectivity index (χ4v) is 2.98. The third kappa shape index (κ3) is 3.12. The van der Waals surface area contributed by atoms with E-state index in [1.807, 2.05) is 35.7 Å². The van der Waals surface area contributed by atoms with Crippen molar-refractivity contribution in [3.05, 3.63) is 60.5 Å². The van der Waals surface area contributed by atoms with Gasteiger partial charge in [-0.05, 0) is 12.1 Å². The topological polar surface area (TPSA) is 101 Å². The predicted octanol–water partition coefficient (Wildman–Crippen LogP) is 3.36. The summed E-state index contributed by atoms with van der Waals surface area (Å²) in [6, 6.07) is 9.22. The molecular weight excluding hydrogens is 338 g/mol. The molecule has 0 bridgehead atoms. The Morgan fingerprint density at radius 3 is 2.80 bits per heavy atom. The summed E-state index contributed by atoms with van der Waals surface area (Å²) in [5, 5.41) is 14.9. The maximum Gasteiger partial charge on any atom is 0.326 e. The molecular formula is C16H13N7OS. The zero-order valence-corrected chi connectivity index (χ0v) is 13.7. The van der Waals surface area contributed by atoms with E-state index in [-0.39, 0.29) is 0 Å². The lowest BCUT2D eigenvalue weighted by atomic mass is 10.3. The lowest BCUT2D eigenvalue weighted by Crippen LogP contribution is -2.21. The van der Waals surface area contributed by atoms with E-state index in [1.54, 1.807) is 29.4 Å².